The molecule has 3 aliphatic rings. The van der Waals surface area contributed by atoms with Gasteiger partial charge in [-0.1, -0.05) is 54.1 Å². The lowest BCUT2D eigenvalue weighted by Crippen LogP contribution is -2.52. The van der Waals surface area contributed by atoms with Gasteiger partial charge in [-0.3, -0.25) is 14.4 Å². The van der Waals surface area contributed by atoms with Crippen LogP contribution in [-0.4, -0.2) is 23.6 Å². The number of ketones is 1. The fraction of sp³-hybridized carbons (Fsp3) is 0.192. The van der Waals surface area contributed by atoms with Crippen molar-refractivity contribution >= 4 is 34.7 Å². The molecule has 3 aromatic carbocycles. The molecule has 1 fully saturated rings. The Bertz CT molecular complexity index is 1300. The third kappa shape index (κ3) is 2.37. The van der Waals surface area contributed by atoms with Gasteiger partial charge >= 0.3 is 0 Å². The van der Waals surface area contributed by atoms with E-state index in [2.05, 4.69) is 10.6 Å². The topological polar surface area (TPSA) is 78.5 Å². The Labute approximate surface area is 185 Å². The molecule has 6 heteroatoms. The molecule has 0 bridgehead atoms. The number of Topliss-reactive ketones (excluding diaryl/α,β-unsaturated/α-hetero) is 1. The van der Waals surface area contributed by atoms with Crippen molar-refractivity contribution < 1.29 is 14.4 Å². The molecule has 0 radical (unpaired) electrons. The molecule has 0 aliphatic carbocycles. The molecule has 1 spiro atoms. The highest BCUT2D eigenvalue weighted by Gasteiger charge is 2.63. The van der Waals surface area contributed by atoms with Crippen LogP contribution in [0.15, 0.2) is 72.8 Å². The first-order valence-corrected chi connectivity index (χ1v) is 10.7. The van der Waals surface area contributed by atoms with Gasteiger partial charge in [0.2, 0.25) is 5.91 Å². The predicted molar refractivity (Wildman–Crippen MR) is 122 cm³/mol. The van der Waals surface area contributed by atoms with Crippen molar-refractivity contribution in [3.63, 3.8) is 0 Å². The summed E-state index contributed by atoms with van der Waals surface area (Å²) in [5.41, 5.74) is 3.62. The number of nitrogens with one attached hydrogen (secondary N) is 2. The fourth-order valence-corrected chi connectivity index (χ4v) is 5.51. The number of rotatable bonds is 2. The Kier molecular flexibility index (Phi) is 3.84. The van der Waals surface area contributed by atoms with Gasteiger partial charge in [0.25, 0.3) is 5.91 Å². The van der Waals surface area contributed by atoms with Gasteiger partial charge < -0.3 is 15.5 Å². The molecule has 2 amide bonds. The zero-order valence-corrected chi connectivity index (χ0v) is 17.5. The van der Waals surface area contributed by atoms with Crippen LogP contribution in [0.2, 0.25) is 0 Å². The fourth-order valence-electron chi connectivity index (χ4n) is 5.51. The molecule has 2 N–H and O–H groups in total. The number of fused-ring (bicyclic) bond motifs is 3. The Morgan fingerprint density at radius 3 is 2.31 bits per heavy atom. The molecule has 32 heavy (non-hydrogen) atoms. The summed E-state index contributed by atoms with van der Waals surface area (Å²) in [6, 6.07) is 21.9. The first-order chi connectivity index (χ1) is 15.5. The Hall–Kier alpha value is -3.93. The minimum absolute atomic E-state index is 0.0142. The molecule has 3 heterocycles. The highest BCUT2D eigenvalue weighted by atomic mass is 16.2. The van der Waals surface area contributed by atoms with E-state index >= 15 is 0 Å². The number of amides is 2. The third-order valence-corrected chi connectivity index (χ3v) is 6.91. The molecule has 158 valence electrons. The molecular formula is C26H21N3O3. The quantitative estimate of drug-likeness (QED) is 0.659. The number of hydrogen-bond acceptors (Lipinski definition) is 4. The molecule has 3 aliphatic heterocycles. The lowest BCUT2D eigenvalue weighted by Gasteiger charge is -2.39. The summed E-state index contributed by atoms with van der Waals surface area (Å²) in [5.74, 6) is -1.26. The predicted octanol–water partition coefficient (Wildman–Crippen LogP) is 3.73. The molecule has 6 nitrogen and oxygen atoms in total. The van der Waals surface area contributed by atoms with Gasteiger partial charge in [0.05, 0.1) is 5.92 Å². The van der Waals surface area contributed by atoms with Crippen molar-refractivity contribution in [2.24, 2.45) is 0 Å². The molecule has 1 saturated heterocycles. The molecule has 3 unspecified atom stereocenters. The van der Waals surface area contributed by atoms with Crippen LogP contribution in [-0.2, 0) is 19.9 Å². The first kappa shape index (κ1) is 18.8. The minimum atomic E-state index is -1.19. The van der Waals surface area contributed by atoms with Crippen LogP contribution < -0.4 is 15.5 Å². The van der Waals surface area contributed by atoms with E-state index in [1.54, 1.807) is 0 Å². The van der Waals surface area contributed by atoms with E-state index in [1.165, 1.54) is 0 Å². The average molecular weight is 423 g/mol. The van der Waals surface area contributed by atoms with Crippen LogP contribution in [0.3, 0.4) is 0 Å². The van der Waals surface area contributed by atoms with Crippen molar-refractivity contribution in [2.75, 3.05) is 15.5 Å². The Morgan fingerprint density at radius 2 is 1.53 bits per heavy atom. The zero-order valence-electron chi connectivity index (χ0n) is 17.5. The van der Waals surface area contributed by atoms with Crippen molar-refractivity contribution in [2.45, 2.75) is 30.8 Å². The number of aryl methyl sites for hydroxylation is 1. The van der Waals surface area contributed by atoms with E-state index in [-0.39, 0.29) is 24.0 Å². The van der Waals surface area contributed by atoms with Gasteiger partial charge in [-0.05, 0) is 36.8 Å². The highest BCUT2D eigenvalue weighted by Crippen LogP contribution is 2.53. The van der Waals surface area contributed by atoms with Crippen molar-refractivity contribution in [1.29, 1.82) is 0 Å². The minimum Gasteiger partial charge on any atom is -0.342 e. The second-order valence-corrected chi connectivity index (χ2v) is 8.71. The first-order valence-electron chi connectivity index (χ1n) is 10.7. The standard InChI is InChI=1S/C26H21N3O3/c1-15-10-12-16(13-11-15)29-23(22-17-6-2-4-8-19(17)27-24(22)31)21(30)14-26(29)18-7-3-5-9-20(18)28-25(26)32/h2-13,22-23H,14H2,1H3,(H,27,31)(H,28,32). The number of para-hydroxylation sites is 2. The summed E-state index contributed by atoms with van der Waals surface area (Å²) < 4.78 is 0. The van der Waals surface area contributed by atoms with Gasteiger partial charge in [0.15, 0.2) is 11.3 Å². The highest BCUT2D eigenvalue weighted by molar-refractivity contribution is 6.17. The maximum absolute atomic E-state index is 13.7. The van der Waals surface area contributed by atoms with Crippen molar-refractivity contribution in [3.05, 3.63) is 89.5 Å². The molecule has 0 aromatic heterocycles. The Morgan fingerprint density at radius 1 is 0.844 bits per heavy atom. The van der Waals surface area contributed by atoms with E-state index in [0.29, 0.717) is 5.69 Å². The van der Waals surface area contributed by atoms with E-state index in [1.807, 2.05) is 84.6 Å². The second kappa shape index (κ2) is 6.53. The van der Waals surface area contributed by atoms with Crippen LogP contribution in [0.25, 0.3) is 0 Å². The number of carbonyl (C=O) groups is 3. The lowest BCUT2D eigenvalue weighted by atomic mass is 9.88. The van der Waals surface area contributed by atoms with E-state index in [4.69, 9.17) is 0 Å². The molecule has 6 rings (SSSR count). The van der Waals surface area contributed by atoms with Crippen LogP contribution in [0.5, 0.6) is 0 Å². The smallest absolute Gasteiger partial charge is 0.255 e. The average Bonchev–Trinajstić information content (AvgIpc) is 3.37. The normalized spacial score (nSPS) is 25.7. The number of nitrogens with zero attached hydrogens (tertiary/aromatic N) is 1. The van der Waals surface area contributed by atoms with E-state index < -0.39 is 17.5 Å². The van der Waals surface area contributed by atoms with E-state index in [0.717, 1.165) is 28.1 Å². The Balaban J connectivity index is 1.59. The third-order valence-electron chi connectivity index (χ3n) is 6.91. The number of benzene rings is 3. The van der Waals surface area contributed by atoms with Gasteiger partial charge in [0.1, 0.15) is 6.04 Å². The maximum Gasteiger partial charge on any atom is 0.255 e. The summed E-state index contributed by atoms with van der Waals surface area (Å²) in [6.07, 6.45) is 0.0142. The van der Waals surface area contributed by atoms with Gasteiger partial charge in [-0.25, -0.2) is 0 Å². The van der Waals surface area contributed by atoms with Crippen molar-refractivity contribution in [3.8, 4) is 0 Å². The SMILES string of the molecule is Cc1ccc(N2C(C3C(=O)Nc4ccccc43)C(=O)CC23C(=O)Nc2ccccc23)cc1. The van der Waals surface area contributed by atoms with Gasteiger partial charge in [0, 0.05) is 29.0 Å². The summed E-state index contributed by atoms with van der Waals surface area (Å²) in [7, 11) is 0. The molecule has 3 atom stereocenters. The lowest BCUT2D eigenvalue weighted by molar-refractivity contribution is -0.124. The summed E-state index contributed by atoms with van der Waals surface area (Å²) in [4.78, 5) is 42.2. The van der Waals surface area contributed by atoms with Crippen LogP contribution in [0.4, 0.5) is 17.1 Å². The molecule has 0 saturated carbocycles. The summed E-state index contributed by atoms with van der Waals surface area (Å²) in [5, 5.41) is 5.89. The largest absolute Gasteiger partial charge is 0.342 e. The molecular weight excluding hydrogens is 402 g/mol. The summed E-state index contributed by atoms with van der Waals surface area (Å²) >= 11 is 0. The van der Waals surface area contributed by atoms with Gasteiger partial charge in [-0.2, -0.15) is 0 Å². The number of anilines is 3. The van der Waals surface area contributed by atoms with Crippen molar-refractivity contribution in [1.82, 2.24) is 0 Å². The summed E-state index contributed by atoms with van der Waals surface area (Å²) in [6.45, 7) is 1.99. The number of carbonyl (C=O) groups excluding carboxylic acids is 3. The maximum atomic E-state index is 13.7. The zero-order chi connectivity index (χ0) is 22.0. The second-order valence-electron chi connectivity index (χ2n) is 8.71. The number of hydrogen-bond donors (Lipinski definition) is 2. The van der Waals surface area contributed by atoms with Gasteiger partial charge in [-0.15, -0.1) is 0 Å². The van der Waals surface area contributed by atoms with E-state index in [9.17, 15) is 14.4 Å². The van der Waals surface area contributed by atoms with Crippen LogP contribution in [0.1, 0.15) is 29.0 Å². The van der Waals surface area contributed by atoms with Crippen LogP contribution >= 0.6 is 0 Å². The van der Waals surface area contributed by atoms with Crippen LogP contribution in [0, 0.1) is 6.92 Å². The monoisotopic (exact) mass is 423 g/mol. The molecule has 3 aromatic rings.